The molecule has 1 saturated heterocycles. The number of nitrogens with two attached hydrogens (primary N) is 1. The molecule has 3 nitrogen and oxygen atoms in total. The average Bonchev–Trinajstić information content (AvgIpc) is 2.58. The summed E-state index contributed by atoms with van der Waals surface area (Å²) >= 11 is 6.07. The molecule has 2 unspecified atom stereocenters. The summed E-state index contributed by atoms with van der Waals surface area (Å²) < 4.78 is 0. The van der Waals surface area contributed by atoms with Crippen LogP contribution < -0.4 is 5.73 Å². The molecule has 1 heterocycles. The molecule has 23 heavy (non-hydrogen) atoms. The van der Waals surface area contributed by atoms with E-state index < -0.39 is 0 Å². The number of rotatable bonds is 4. The lowest BCUT2D eigenvalue weighted by molar-refractivity contribution is 0.0859. The molecule has 0 bridgehead atoms. The molecule has 0 radical (unpaired) electrons. The van der Waals surface area contributed by atoms with Gasteiger partial charge in [0, 0.05) is 31.2 Å². The Balaban J connectivity index is 1.86. The zero-order valence-corrected chi connectivity index (χ0v) is 14.3. The van der Waals surface area contributed by atoms with Gasteiger partial charge in [0.1, 0.15) is 0 Å². The van der Waals surface area contributed by atoms with Gasteiger partial charge in [0.15, 0.2) is 0 Å². The second-order valence-electron chi connectivity index (χ2n) is 6.18. The molecular weight excluding hydrogens is 306 g/mol. The monoisotopic (exact) mass is 329 g/mol. The van der Waals surface area contributed by atoms with Crippen molar-refractivity contribution in [2.45, 2.75) is 19.1 Å². The van der Waals surface area contributed by atoms with Crippen LogP contribution in [0.25, 0.3) is 0 Å². The van der Waals surface area contributed by atoms with Crippen molar-refractivity contribution in [3.05, 3.63) is 70.7 Å². The average molecular weight is 330 g/mol. The Labute approximate surface area is 143 Å². The van der Waals surface area contributed by atoms with Gasteiger partial charge in [0.2, 0.25) is 0 Å². The minimum absolute atomic E-state index is 0.128. The van der Waals surface area contributed by atoms with E-state index in [1.165, 1.54) is 11.1 Å². The first-order valence-corrected chi connectivity index (χ1v) is 8.57. The fourth-order valence-electron chi connectivity index (χ4n) is 3.30. The molecule has 2 N–H and O–H groups in total. The molecule has 2 atom stereocenters. The summed E-state index contributed by atoms with van der Waals surface area (Å²) in [6, 6.07) is 19.2. The summed E-state index contributed by atoms with van der Waals surface area (Å²) in [6.07, 6.45) is 0.128. The van der Waals surface area contributed by atoms with Crippen LogP contribution >= 0.6 is 11.6 Å². The maximum atomic E-state index is 6.07. The summed E-state index contributed by atoms with van der Waals surface area (Å²) in [5, 5.41) is 0.780. The third kappa shape index (κ3) is 3.93. The van der Waals surface area contributed by atoms with Crippen LogP contribution in [-0.2, 0) is 0 Å². The van der Waals surface area contributed by atoms with Gasteiger partial charge < -0.3 is 5.73 Å². The van der Waals surface area contributed by atoms with Gasteiger partial charge in [-0.25, -0.2) is 0 Å². The Morgan fingerprint density at radius 1 is 0.826 bits per heavy atom. The summed E-state index contributed by atoms with van der Waals surface area (Å²) in [5.74, 6) is 0. The van der Waals surface area contributed by atoms with Crippen LogP contribution in [0.15, 0.2) is 54.6 Å². The smallest absolute Gasteiger partial charge is 0.0602 e. The Morgan fingerprint density at radius 2 is 1.35 bits per heavy atom. The van der Waals surface area contributed by atoms with E-state index in [0.717, 1.165) is 31.2 Å². The van der Waals surface area contributed by atoms with Crippen LogP contribution in [0.1, 0.15) is 24.1 Å². The van der Waals surface area contributed by atoms with Crippen molar-refractivity contribution in [3.8, 4) is 0 Å². The van der Waals surface area contributed by atoms with Crippen LogP contribution in [0.2, 0.25) is 5.02 Å². The van der Waals surface area contributed by atoms with Crippen molar-refractivity contribution in [2.24, 2.45) is 5.73 Å². The second-order valence-corrected chi connectivity index (χ2v) is 6.61. The molecule has 0 saturated carbocycles. The normalized spacial score (nSPS) is 19.4. The van der Waals surface area contributed by atoms with Crippen LogP contribution in [0, 0.1) is 0 Å². The van der Waals surface area contributed by atoms with E-state index in [1.54, 1.807) is 0 Å². The highest BCUT2D eigenvalue weighted by Crippen LogP contribution is 2.30. The van der Waals surface area contributed by atoms with E-state index in [2.05, 4.69) is 59.2 Å². The molecular formula is C19H24ClN3. The Morgan fingerprint density at radius 3 is 1.91 bits per heavy atom. The minimum atomic E-state index is 0.128. The largest absolute Gasteiger partial charge is 0.316 e. The molecule has 122 valence electrons. The Kier molecular flexibility index (Phi) is 5.34. The Hall–Kier alpha value is -1.39. The number of benzene rings is 2. The number of halogens is 1. The summed E-state index contributed by atoms with van der Waals surface area (Å²) in [4.78, 5) is 4.87. The first-order valence-electron chi connectivity index (χ1n) is 8.19. The van der Waals surface area contributed by atoms with Crippen molar-refractivity contribution in [1.82, 2.24) is 9.80 Å². The number of nitrogens with zero attached hydrogens (tertiary/aromatic N) is 2. The van der Waals surface area contributed by atoms with Gasteiger partial charge in [-0.3, -0.25) is 9.80 Å². The lowest BCUT2D eigenvalue weighted by Gasteiger charge is -2.41. The quantitative estimate of drug-likeness (QED) is 0.933. The zero-order chi connectivity index (χ0) is 16.2. The fourth-order valence-corrected chi connectivity index (χ4v) is 3.42. The van der Waals surface area contributed by atoms with Crippen LogP contribution in [0.5, 0.6) is 0 Å². The van der Waals surface area contributed by atoms with Gasteiger partial charge in [-0.15, -0.1) is 0 Å². The lowest BCUT2D eigenvalue weighted by Crippen LogP contribution is -2.52. The molecule has 1 aliphatic heterocycles. The molecule has 3 rings (SSSR count). The lowest BCUT2D eigenvalue weighted by atomic mass is 9.96. The van der Waals surface area contributed by atoms with Crippen molar-refractivity contribution in [2.75, 3.05) is 26.2 Å². The van der Waals surface area contributed by atoms with Crippen LogP contribution in [0.3, 0.4) is 0 Å². The highest BCUT2D eigenvalue weighted by atomic mass is 35.5. The van der Waals surface area contributed by atoms with Crippen molar-refractivity contribution in [3.63, 3.8) is 0 Å². The van der Waals surface area contributed by atoms with E-state index in [0.29, 0.717) is 0 Å². The molecule has 0 aliphatic carbocycles. The maximum absolute atomic E-state index is 6.07. The fraction of sp³-hybridized carbons (Fsp3) is 0.368. The van der Waals surface area contributed by atoms with Gasteiger partial charge in [-0.05, 0) is 30.2 Å². The van der Waals surface area contributed by atoms with Crippen LogP contribution in [-0.4, -0.2) is 42.1 Å². The first-order chi connectivity index (χ1) is 11.1. The molecule has 1 fully saturated rings. The van der Waals surface area contributed by atoms with Gasteiger partial charge >= 0.3 is 0 Å². The summed E-state index contributed by atoms with van der Waals surface area (Å²) in [6.45, 7) is 6.11. The van der Waals surface area contributed by atoms with Crippen LogP contribution in [0.4, 0.5) is 0 Å². The highest BCUT2D eigenvalue weighted by Gasteiger charge is 2.27. The number of hydrogen-bond acceptors (Lipinski definition) is 3. The first kappa shape index (κ1) is 16.5. The Bertz CT molecular complexity index is 604. The van der Waals surface area contributed by atoms with Crippen molar-refractivity contribution < 1.29 is 0 Å². The van der Waals surface area contributed by atoms with E-state index in [-0.39, 0.29) is 12.2 Å². The van der Waals surface area contributed by atoms with Gasteiger partial charge in [-0.1, -0.05) is 54.1 Å². The zero-order valence-electron chi connectivity index (χ0n) is 13.5. The molecule has 0 aromatic heterocycles. The highest BCUT2D eigenvalue weighted by molar-refractivity contribution is 6.30. The molecule has 2 aromatic carbocycles. The van der Waals surface area contributed by atoms with E-state index in [9.17, 15) is 0 Å². The van der Waals surface area contributed by atoms with E-state index >= 15 is 0 Å². The minimum Gasteiger partial charge on any atom is -0.316 e. The molecule has 0 spiro atoms. The second kappa shape index (κ2) is 7.45. The van der Waals surface area contributed by atoms with Crippen molar-refractivity contribution >= 4 is 11.6 Å². The van der Waals surface area contributed by atoms with Gasteiger partial charge in [0.05, 0.1) is 12.2 Å². The standard InChI is InChI=1S/C19H24ClN3/c1-15(21)22-11-13-23(14-12-22)19(16-5-3-2-4-6-16)17-7-9-18(20)10-8-17/h2-10,15,19H,11-14,21H2,1H3. The molecule has 0 amide bonds. The number of hydrogen-bond donors (Lipinski definition) is 1. The molecule has 4 heteroatoms. The predicted octanol–water partition coefficient (Wildman–Crippen LogP) is 3.35. The third-order valence-electron chi connectivity index (χ3n) is 4.59. The van der Waals surface area contributed by atoms with E-state index in [1.807, 2.05) is 12.1 Å². The summed E-state index contributed by atoms with van der Waals surface area (Å²) in [7, 11) is 0. The van der Waals surface area contributed by atoms with Gasteiger partial charge in [-0.2, -0.15) is 0 Å². The topological polar surface area (TPSA) is 32.5 Å². The third-order valence-corrected chi connectivity index (χ3v) is 4.84. The summed E-state index contributed by atoms with van der Waals surface area (Å²) in [5.41, 5.74) is 8.63. The van der Waals surface area contributed by atoms with Gasteiger partial charge in [0.25, 0.3) is 0 Å². The molecule has 1 aliphatic rings. The maximum Gasteiger partial charge on any atom is 0.0602 e. The molecule has 2 aromatic rings. The van der Waals surface area contributed by atoms with Crippen molar-refractivity contribution in [1.29, 1.82) is 0 Å². The van der Waals surface area contributed by atoms with E-state index in [4.69, 9.17) is 17.3 Å². The SMILES string of the molecule is CC(N)N1CCN(C(c2ccccc2)c2ccc(Cl)cc2)CC1. The number of piperazine rings is 1. The predicted molar refractivity (Wildman–Crippen MR) is 96.5 cm³/mol.